The summed E-state index contributed by atoms with van der Waals surface area (Å²) in [5.74, 6) is 0.585. The Kier molecular flexibility index (Phi) is 2.81. The number of piperidine rings is 1. The van der Waals surface area contributed by atoms with Gasteiger partial charge in [0.05, 0.1) is 12.1 Å². The van der Waals surface area contributed by atoms with E-state index in [9.17, 15) is 5.11 Å². The summed E-state index contributed by atoms with van der Waals surface area (Å²) in [6.07, 6.45) is 2.25. The minimum absolute atomic E-state index is 0.103. The first-order valence-electron chi connectivity index (χ1n) is 6.49. The first-order chi connectivity index (χ1) is 8.32. The van der Waals surface area contributed by atoms with Crippen molar-refractivity contribution in [1.29, 1.82) is 0 Å². The molecule has 2 saturated heterocycles. The van der Waals surface area contributed by atoms with E-state index in [1.165, 1.54) is 13.0 Å². The molecule has 1 aromatic carbocycles. The molecule has 0 saturated carbocycles. The molecule has 3 rings (SSSR count). The van der Waals surface area contributed by atoms with Gasteiger partial charge in [-0.3, -0.25) is 0 Å². The van der Waals surface area contributed by atoms with E-state index in [0.717, 1.165) is 25.2 Å². The Labute approximate surface area is 102 Å². The van der Waals surface area contributed by atoms with Crippen LogP contribution in [0.5, 0.6) is 0 Å². The Morgan fingerprint density at radius 3 is 2.88 bits per heavy atom. The maximum absolute atomic E-state index is 9.84. The lowest BCUT2D eigenvalue weighted by atomic mass is 9.79. The fraction of sp³-hybridized carbons (Fsp3) is 0.571. The van der Waals surface area contributed by atoms with Crippen molar-refractivity contribution in [3.63, 3.8) is 0 Å². The lowest BCUT2D eigenvalue weighted by Crippen LogP contribution is -2.54. The van der Waals surface area contributed by atoms with Gasteiger partial charge in [-0.15, -0.1) is 0 Å². The molecule has 3 atom stereocenters. The van der Waals surface area contributed by atoms with E-state index in [2.05, 4.69) is 22.3 Å². The van der Waals surface area contributed by atoms with Crippen molar-refractivity contribution in [1.82, 2.24) is 4.90 Å². The van der Waals surface area contributed by atoms with Crippen molar-refractivity contribution < 1.29 is 5.11 Å². The molecule has 2 heterocycles. The monoisotopic (exact) mass is 232 g/mol. The first kappa shape index (κ1) is 11.1. The molecule has 1 aromatic rings. The van der Waals surface area contributed by atoms with E-state index < -0.39 is 0 Å². The van der Waals surface area contributed by atoms with Gasteiger partial charge in [-0.05, 0) is 37.4 Å². The summed E-state index contributed by atoms with van der Waals surface area (Å²) in [4.78, 5) is 2.51. The molecule has 0 amide bonds. The zero-order valence-corrected chi connectivity index (χ0v) is 10.1. The number of aliphatic hydroxyl groups excluding tert-OH is 1. The van der Waals surface area contributed by atoms with Crippen LogP contribution in [0.3, 0.4) is 0 Å². The van der Waals surface area contributed by atoms with E-state index >= 15 is 0 Å². The Bertz CT molecular complexity index is 381. The van der Waals surface area contributed by atoms with E-state index in [1.54, 1.807) is 0 Å². The number of nitrogens with zero attached hydrogens (tertiary/aromatic N) is 1. The predicted molar refractivity (Wildman–Crippen MR) is 69.0 cm³/mol. The van der Waals surface area contributed by atoms with Gasteiger partial charge in [-0.25, -0.2) is 0 Å². The predicted octanol–water partition coefficient (Wildman–Crippen LogP) is 1.56. The summed E-state index contributed by atoms with van der Waals surface area (Å²) in [7, 11) is 0. The summed E-state index contributed by atoms with van der Waals surface area (Å²) in [5, 5.41) is 13.4. The average molecular weight is 232 g/mol. The maximum atomic E-state index is 9.84. The second kappa shape index (κ2) is 4.31. The van der Waals surface area contributed by atoms with Gasteiger partial charge in [0.1, 0.15) is 0 Å². The fourth-order valence-electron chi connectivity index (χ4n) is 3.27. The lowest BCUT2D eigenvalue weighted by Gasteiger charge is -2.43. The highest BCUT2D eigenvalue weighted by Gasteiger charge is 2.45. The summed E-state index contributed by atoms with van der Waals surface area (Å²) in [6, 6.07) is 10.3. The largest absolute Gasteiger partial charge is 0.394 e. The van der Waals surface area contributed by atoms with Crippen LogP contribution in [-0.2, 0) is 0 Å². The van der Waals surface area contributed by atoms with Crippen molar-refractivity contribution in [2.24, 2.45) is 5.92 Å². The third-order valence-electron chi connectivity index (χ3n) is 4.38. The molecular weight excluding hydrogens is 212 g/mol. The molecule has 17 heavy (non-hydrogen) atoms. The zero-order chi connectivity index (χ0) is 11.7. The normalized spacial score (nSPS) is 35.8. The van der Waals surface area contributed by atoms with Gasteiger partial charge < -0.3 is 15.3 Å². The van der Waals surface area contributed by atoms with Crippen molar-refractivity contribution >= 4 is 5.69 Å². The maximum Gasteiger partial charge on any atom is 0.0665 e. The van der Waals surface area contributed by atoms with Gasteiger partial charge in [0.25, 0.3) is 0 Å². The number of hydrogen-bond donors (Lipinski definition) is 2. The number of aliphatic hydroxyl groups is 1. The standard InChI is InChI=1S/C14H20N2O/c17-11-14(15-13-4-2-1-3-5-13)7-9-16-8-6-12(14)10-16/h1-5,12,15,17H,6-11H2. The van der Waals surface area contributed by atoms with Crippen molar-refractivity contribution in [3.05, 3.63) is 30.3 Å². The van der Waals surface area contributed by atoms with Crippen molar-refractivity contribution in [2.45, 2.75) is 18.4 Å². The van der Waals surface area contributed by atoms with Crippen LogP contribution >= 0.6 is 0 Å². The smallest absolute Gasteiger partial charge is 0.0665 e. The van der Waals surface area contributed by atoms with Crippen molar-refractivity contribution in [3.8, 4) is 0 Å². The minimum atomic E-state index is -0.103. The second-order valence-corrected chi connectivity index (χ2v) is 5.34. The molecule has 2 aliphatic rings. The molecule has 0 spiro atoms. The van der Waals surface area contributed by atoms with Crippen LogP contribution in [0.25, 0.3) is 0 Å². The number of rotatable bonds is 3. The Morgan fingerprint density at radius 2 is 2.12 bits per heavy atom. The molecule has 2 bridgehead atoms. The highest BCUT2D eigenvalue weighted by atomic mass is 16.3. The molecule has 3 heteroatoms. The van der Waals surface area contributed by atoms with E-state index in [0.29, 0.717) is 5.92 Å². The third kappa shape index (κ3) is 1.94. The summed E-state index contributed by atoms with van der Waals surface area (Å²) in [5.41, 5.74) is 1.02. The molecule has 0 radical (unpaired) electrons. The van der Waals surface area contributed by atoms with Crippen LogP contribution in [0.4, 0.5) is 5.69 Å². The van der Waals surface area contributed by atoms with Crippen LogP contribution in [0.1, 0.15) is 12.8 Å². The average Bonchev–Trinajstić information content (AvgIpc) is 2.79. The number of nitrogens with one attached hydrogen (secondary N) is 1. The third-order valence-corrected chi connectivity index (χ3v) is 4.38. The van der Waals surface area contributed by atoms with Gasteiger partial charge in [0.15, 0.2) is 0 Å². The Hall–Kier alpha value is -1.06. The molecular formula is C14H20N2O. The van der Waals surface area contributed by atoms with Crippen LogP contribution in [-0.4, -0.2) is 41.8 Å². The molecule has 2 aliphatic heterocycles. The SMILES string of the molecule is OCC1(Nc2ccccc2)CCN2CCC1C2. The van der Waals surface area contributed by atoms with Gasteiger partial charge >= 0.3 is 0 Å². The van der Waals surface area contributed by atoms with Gasteiger partial charge in [0.2, 0.25) is 0 Å². The van der Waals surface area contributed by atoms with Crippen LogP contribution in [0.15, 0.2) is 30.3 Å². The lowest BCUT2D eigenvalue weighted by molar-refractivity contribution is 0.112. The molecule has 92 valence electrons. The van der Waals surface area contributed by atoms with Crippen molar-refractivity contribution in [2.75, 3.05) is 31.6 Å². The van der Waals surface area contributed by atoms with E-state index in [1.807, 2.05) is 18.2 Å². The van der Waals surface area contributed by atoms with E-state index in [-0.39, 0.29) is 12.1 Å². The molecule has 0 aromatic heterocycles. The minimum Gasteiger partial charge on any atom is -0.394 e. The number of para-hydroxylation sites is 1. The van der Waals surface area contributed by atoms with Crippen LogP contribution in [0.2, 0.25) is 0 Å². The molecule has 3 nitrogen and oxygen atoms in total. The molecule has 3 unspecified atom stereocenters. The molecule has 2 N–H and O–H groups in total. The van der Waals surface area contributed by atoms with Gasteiger partial charge in [-0.1, -0.05) is 18.2 Å². The fourth-order valence-corrected chi connectivity index (χ4v) is 3.27. The highest BCUT2D eigenvalue weighted by Crippen LogP contribution is 2.37. The number of hydrogen-bond acceptors (Lipinski definition) is 3. The highest BCUT2D eigenvalue weighted by molar-refractivity contribution is 5.46. The molecule has 2 fully saturated rings. The van der Waals surface area contributed by atoms with Gasteiger partial charge in [-0.2, -0.15) is 0 Å². The van der Waals surface area contributed by atoms with E-state index in [4.69, 9.17) is 0 Å². The second-order valence-electron chi connectivity index (χ2n) is 5.34. The summed E-state index contributed by atoms with van der Waals surface area (Å²) >= 11 is 0. The summed E-state index contributed by atoms with van der Waals surface area (Å²) < 4.78 is 0. The Balaban J connectivity index is 1.82. The quantitative estimate of drug-likeness (QED) is 0.830. The summed E-state index contributed by atoms with van der Waals surface area (Å²) in [6.45, 7) is 3.68. The first-order valence-corrected chi connectivity index (χ1v) is 6.49. The molecule has 0 aliphatic carbocycles. The zero-order valence-electron chi connectivity index (χ0n) is 10.1. The topological polar surface area (TPSA) is 35.5 Å². The van der Waals surface area contributed by atoms with Crippen LogP contribution < -0.4 is 5.32 Å². The van der Waals surface area contributed by atoms with Gasteiger partial charge in [0, 0.05) is 18.8 Å². The number of benzene rings is 1. The van der Waals surface area contributed by atoms with Crippen LogP contribution in [0, 0.1) is 5.92 Å². The Morgan fingerprint density at radius 1 is 1.29 bits per heavy atom. The number of anilines is 1. The number of fused-ring (bicyclic) bond motifs is 2.